The van der Waals surface area contributed by atoms with E-state index in [1.165, 1.54) is 22.5 Å². The Morgan fingerprint density at radius 2 is 1.96 bits per heavy atom. The molecule has 0 saturated carbocycles. The molecule has 1 aromatic carbocycles. The standard InChI is InChI=1S/C23H31NO.CH3F/c1-8-11-12-18(17(4)5)16-23(6)20-15-19(25-7)13-14-21(20)24(10-3)22(23)9-2;1-2/h8-9,11-15H,4,10,16H2,1-3,5-7H3;1H3/b11-8-,18-12-,22-9-;. The summed E-state index contributed by atoms with van der Waals surface area (Å²) in [5, 5.41) is 0. The number of allylic oxidation sites excluding steroid dienone is 7. The van der Waals surface area contributed by atoms with Crippen LogP contribution in [0.25, 0.3) is 0 Å². The average Bonchev–Trinajstić information content (AvgIpc) is 2.93. The Bertz CT molecular complexity index is 745. The lowest BCUT2D eigenvalue weighted by Crippen LogP contribution is -2.29. The second kappa shape index (κ2) is 10.1. The Hall–Kier alpha value is -2.29. The molecule has 0 aromatic heterocycles. The van der Waals surface area contributed by atoms with Gasteiger partial charge in [-0.1, -0.05) is 36.5 Å². The zero-order chi connectivity index (χ0) is 20.6. The molecule has 1 aliphatic heterocycles. The quantitative estimate of drug-likeness (QED) is 0.513. The first-order valence-corrected chi connectivity index (χ1v) is 9.41. The smallest absolute Gasteiger partial charge is 0.119 e. The highest BCUT2D eigenvalue weighted by molar-refractivity contribution is 5.72. The number of anilines is 1. The van der Waals surface area contributed by atoms with Crippen LogP contribution in [0.1, 0.15) is 46.6 Å². The second-order valence-corrected chi connectivity index (χ2v) is 6.81. The summed E-state index contributed by atoms with van der Waals surface area (Å²) in [7, 11) is 2.23. The molecule has 0 amide bonds. The lowest BCUT2D eigenvalue weighted by molar-refractivity contribution is 0.413. The van der Waals surface area contributed by atoms with E-state index in [1.54, 1.807) is 7.11 Å². The van der Waals surface area contributed by atoms with Crippen molar-refractivity contribution in [3.63, 3.8) is 0 Å². The van der Waals surface area contributed by atoms with Gasteiger partial charge in [-0.05, 0) is 70.4 Å². The van der Waals surface area contributed by atoms with Crippen molar-refractivity contribution >= 4 is 5.69 Å². The summed E-state index contributed by atoms with van der Waals surface area (Å²) in [6.45, 7) is 16.0. The average molecular weight is 372 g/mol. The second-order valence-electron chi connectivity index (χ2n) is 6.81. The summed E-state index contributed by atoms with van der Waals surface area (Å²) >= 11 is 0. The monoisotopic (exact) mass is 371 g/mol. The lowest BCUT2D eigenvalue weighted by atomic mass is 9.75. The van der Waals surface area contributed by atoms with E-state index in [4.69, 9.17) is 4.74 Å². The van der Waals surface area contributed by atoms with E-state index in [0.29, 0.717) is 7.18 Å². The van der Waals surface area contributed by atoms with Crippen LogP contribution in [0.5, 0.6) is 5.75 Å². The predicted octanol–water partition coefficient (Wildman–Crippen LogP) is 6.75. The van der Waals surface area contributed by atoms with E-state index in [-0.39, 0.29) is 5.41 Å². The number of ether oxygens (including phenoxy) is 1. The molecule has 0 saturated heterocycles. The summed E-state index contributed by atoms with van der Waals surface area (Å²) in [6, 6.07) is 6.43. The molecule has 1 atom stereocenters. The summed E-state index contributed by atoms with van der Waals surface area (Å²) < 4.78 is 15.0. The number of nitrogens with zero attached hydrogens (tertiary/aromatic N) is 1. The summed E-state index contributed by atoms with van der Waals surface area (Å²) in [5.41, 5.74) is 6.27. The number of hydrogen-bond donors (Lipinski definition) is 0. The Kier molecular flexibility index (Phi) is 8.55. The first-order chi connectivity index (χ1) is 12.9. The van der Waals surface area contributed by atoms with Crippen LogP contribution >= 0.6 is 0 Å². The van der Waals surface area contributed by atoms with Crippen molar-refractivity contribution in [2.24, 2.45) is 0 Å². The topological polar surface area (TPSA) is 12.5 Å². The van der Waals surface area contributed by atoms with Crippen LogP contribution in [0.15, 0.2) is 65.9 Å². The maximum atomic E-state index is 9.50. The Balaban J connectivity index is 0.00000176. The van der Waals surface area contributed by atoms with Crippen molar-refractivity contribution in [2.75, 3.05) is 25.7 Å². The van der Waals surface area contributed by atoms with Crippen molar-refractivity contribution in [3.8, 4) is 5.75 Å². The zero-order valence-corrected chi connectivity index (χ0v) is 17.9. The van der Waals surface area contributed by atoms with Crippen LogP contribution in [-0.4, -0.2) is 20.8 Å². The largest absolute Gasteiger partial charge is 0.497 e. The molecule has 2 nitrogen and oxygen atoms in total. The fourth-order valence-corrected chi connectivity index (χ4v) is 3.83. The molecule has 0 fully saturated rings. The molecule has 1 heterocycles. The first-order valence-electron chi connectivity index (χ1n) is 9.41. The predicted molar refractivity (Wildman–Crippen MR) is 116 cm³/mol. The van der Waals surface area contributed by atoms with Crippen molar-refractivity contribution < 1.29 is 9.13 Å². The van der Waals surface area contributed by atoms with Gasteiger partial charge < -0.3 is 9.64 Å². The van der Waals surface area contributed by atoms with E-state index >= 15 is 0 Å². The van der Waals surface area contributed by atoms with Crippen LogP contribution in [0.2, 0.25) is 0 Å². The number of methoxy groups -OCH3 is 1. The Morgan fingerprint density at radius 1 is 1.30 bits per heavy atom. The third kappa shape index (κ3) is 4.52. The van der Waals surface area contributed by atoms with E-state index < -0.39 is 0 Å². The van der Waals surface area contributed by atoms with Gasteiger partial charge in [0.05, 0.1) is 14.3 Å². The highest BCUT2D eigenvalue weighted by Gasteiger charge is 2.43. The van der Waals surface area contributed by atoms with Crippen LogP contribution in [0.4, 0.5) is 10.1 Å². The van der Waals surface area contributed by atoms with E-state index in [1.807, 2.05) is 6.92 Å². The van der Waals surface area contributed by atoms with Gasteiger partial charge in [0.25, 0.3) is 0 Å². The third-order valence-corrected chi connectivity index (χ3v) is 5.12. The van der Waals surface area contributed by atoms with E-state index in [2.05, 4.69) is 81.7 Å². The van der Waals surface area contributed by atoms with Gasteiger partial charge in [0.2, 0.25) is 0 Å². The highest BCUT2D eigenvalue weighted by atomic mass is 19.1. The minimum atomic E-state index is -0.0962. The first kappa shape index (κ1) is 22.8. The van der Waals surface area contributed by atoms with Gasteiger partial charge >= 0.3 is 0 Å². The van der Waals surface area contributed by atoms with E-state index in [9.17, 15) is 4.39 Å². The normalized spacial score (nSPS) is 20.5. The maximum absolute atomic E-state index is 9.50. The molecule has 3 heteroatoms. The molecule has 0 radical (unpaired) electrons. The number of halogens is 1. The lowest BCUT2D eigenvalue weighted by Gasteiger charge is -2.31. The van der Waals surface area contributed by atoms with Gasteiger partial charge in [-0.3, -0.25) is 4.39 Å². The van der Waals surface area contributed by atoms with Gasteiger partial charge in [0.15, 0.2) is 0 Å². The molecule has 0 aliphatic carbocycles. The summed E-state index contributed by atoms with van der Waals surface area (Å²) in [4.78, 5) is 2.42. The number of hydrogen-bond acceptors (Lipinski definition) is 2. The number of rotatable bonds is 6. The van der Waals surface area contributed by atoms with Gasteiger partial charge in [-0.15, -0.1) is 0 Å². The molecule has 1 aromatic rings. The van der Waals surface area contributed by atoms with Crippen LogP contribution < -0.4 is 9.64 Å². The Morgan fingerprint density at radius 3 is 2.44 bits per heavy atom. The molecule has 0 spiro atoms. The van der Waals surface area contributed by atoms with Gasteiger partial charge in [-0.25, -0.2) is 0 Å². The molecule has 0 N–H and O–H groups in total. The Labute approximate surface area is 164 Å². The third-order valence-electron chi connectivity index (χ3n) is 5.12. The highest BCUT2D eigenvalue weighted by Crippen LogP contribution is 2.52. The molecule has 27 heavy (non-hydrogen) atoms. The fraction of sp³-hybridized carbons (Fsp3) is 0.417. The number of fused-ring (bicyclic) bond motifs is 1. The minimum Gasteiger partial charge on any atom is -0.497 e. The molecular formula is C24H34FNO. The van der Waals surface area contributed by atoms with Crippen molar-refractivity contribution in [2.45, 2.75) is 46.5 Å². The number of benzene rings is 1. The van der Waals surface area contributed by atoms with Gasteiger partial charge in [0.1, 0.15) is 5.75 Å². The van der Waals surface area contributed by atoms with Crippen molar-refractivity contribution in [1.29, 1.82) is 0 Å². The SMILES string of the molecule is C=C(C)/C(=C\C=C/C)CC1(C)/C(=C/C)N(CC)c2ccc(OC)cc21.CF. The van der Waals surface area contributed by atoms with Gasteiger partial charge in [0, 0.05) is 23.3 Å². The molecule has 1 aliphatic rings. The zero-order valence-electron chi connectivity index (χ0n) is 17.9. The maximum Gasteiger partial charge on any atom is 0.119 e. The van der Waals surface area contributed by atoms with Crippen LogP contribution in [0.3, 0.4) is 0 Å². The van der Waals surface area contributed by atoms with Crippen molar-refractivity contribution in [1.82, 2.24) is 0 Å². The number of alkyl halides is 1. The number of likely N-dealkylation sites (N-methyl/N-ethyl adjacent to an activating group) is 1. The summed E-state index contributed by atoms with van der Waals surface area (Å²) in [6.07, 6.45) is 9.52. The fourth-order valence-electron chi connectivity index (χ4n) is 3.83. The molecular weight excluding hydrogens is 337 g/mol. The molecule has 1 unspecified atom stereocenters. The van der Waals surface area contributed by atoms with Crippen molar-refractivity contribution in [3.05, 3.63) is 71.5 Å². The summed E-state index contributed by atoms with van der Waals surface area (Å²) in [5.74, 6) is 0.910. The van der Waals surface area contributed by atoms with Crippen LogP contribution in [0, 0.1) is 0 Å². The molecule has 0 bridgehead atoms. The molecule has 2 rings (SSSR count). The van der Waals surface area contributed by atoms with Gasteiger partial charge in [-0.2, -0.15) is 0 Å². The van der Waals surface area contributed by atoms with E-state index in [0.717, 1.165) is 24.3 Å². The van der Waals surface area contributed by atoms with Crippen LogP contribution in [-0.2, 0) is 5.41 Å². The minimum absolute atomic E-state index is 0.0962. The molecule has 148 valence electrons.